The predicted octanol–water partition coefficient (Wildman–Crippen LogP) is 9.84. The molecular formula is C53H44O10. The molecule has 316 valence electrons. The smallest absolute Gasteiger partial charge is 0.318 e. The van der Waals surface area contributed by atoms with E-state index >= 15 is 0 Å². The molecule has 0 heterocycles. The molecule has 10 heteroatoms. The van der Waals surface area contributed by atoms with Crippen LogP contribution >= 0.6 is 0 Å². The second-order valence-corrected chi connectivity index (χ2v) is 14.5. The summed E-state index contributed by atoms with van der Waals surface area (Å²) >= 11 is 0. The number of benzene rings is 6. The fourth-order valence-corrected chi connectivity index (χ4v) is 6.44. The summed E-state index contributed by atoms with van der Waals surface area (Å²) in [5.74, 6) is -2.53. The van der Waals surface area contributed by atoms with Crippen LogP contribution in [-0.2, 0) is 19.2 Å². The zero-order chi connectivity index (χ0) is 44.9. The van der Waals surface area contributed by atoms with Gasteiger partial charge in [0, 0.05) is 22.3 Å². The maximum Gasteiger partial charge on any atom is 0.318 e. The first kappa shape index (κ1) is 44.6. The summed E-state index contributed by atoms with van der Waals surface area (Å²) in [4.78, 5) is 77.2. The molecule has 2 atom stereocenters. The van der Waals surface area contributed by atoms with Gasteiger partial charge in [-0.25, -0.2) is 0 Å². The molecule has 2 unspecified atom stereocenters. The van der Waals surface area contributed by atoms with E-state index in [0.29, 0.717) is 44.5 Å². The number of esters is 2. The average molecular weight is 841 g/mol. The van der Waals surface area contributed by atoms with Crippen molar-refractivity contribution in [2.45, 2.75) is 32.1 Å². The van der Waals surface area contributed by atoms with Gasteiger partial charge in [-0.15, -0.1) is 0 Å². The molecule has 0 aliphatic carbocycles. The van der Waals surface area contributed by atoms with Crippen LogP contribution in [0.5, 0.6) is 23.0 Å². The second-order valence-electron chi connectivity index (χ2n) is 14.5. The van der Waals surface area contributed by atoms with Crippen LogP contribution in [0.15, 0.2) is 158 Å². The Hall–Kier alpha value is -7.98. The van der Waals surface area contributed by atoms with Gasteiger partial charge in [0.05, 0.1) is 32.5 Å². The van der Waals surface area contributed by atoms with Crippen LogP contribution in [0.2, 0.25) is 0 Å². The summed E-state index contributed by atoms with van der Waals surface area (Å²) in [6.07, 6.45) is 5.24. The van der Waals surface area contributed by atoms with Gasteiger partial charge in [0.2, 0.25) is 0 Å². The fourth-order valence-electron chi connectivity index (χ4n) is 6.44. The first-order valence-electron chi connectivity index (χ1n) is 20.0. The van der Waals surface area contributed by atoms with Gasteiger partial charge in [0.15, 0.2) is 46.1 Å². The normalized spacial score (nSPS) is 12.0. The molecule has 6 rings (SSSR count). The monoisotopic (exact) mass is 840 g/mol. The third kappa shape index (κ3) is 11.6. The molecule has 0 fully saturated rings. The minimum absolute atomic E-state index is 0.115. The molecule has 0 aliphatic heterocycles. The minimum atomic E-state index is -0.642. The number of hydrogen-bond donors (Lipinski definition) is 0. The lowest BCUT2D eigenvalue weighted by Crippen LogP contribution is -2.17. The predicted molar refractivity (Wildman–Crippen MR) is 239 cm³/mol. The van der Waals surface area contributed by atoms with Crippen LogP contribution in [0, 0.1) is 0 Å². The van der Waals surface area contributed by atoms with Gasteiger partial charge < -0.3 is 18.9 Å². The first-order valence-corrected chi connectivity index (χ1v) is 20.0. The molecule has 0 aliphatic rings. The van der Waals surface area contributed by atoms with E-state index in [1.807, 2.05) is 12.1 Å². The maximum atomic E-state index is 13.1. The first-order chi connectivity index (χ1) is 30.4. The van der Waals surface area contributed by atoms with Gasteiger partial charge >= 0.3 is 11.9 Å². The van der Waals surface area contributed by atoms with Gasteiger partial charge in [0.1, 0.15) is 0 Å². The highest BCUT2D eigenvalue weighted by Gasteiger charge is 2.22. The van der Waals surface area contributed by atoms with Gasteiger partial charge in [-0.05, 0) is 72.5 Å². The van der Waals surface area contributed by atoms with Crippen molar-refractivity contribution in [3.8, 4) is 23.0 Å². The number of hydrogen-bond acceptors (Lipinski definition) is 10. The summed E-state index contributed by atoms with van der Waals surface area (Å²) in [5, 5.41) is 0. The molecule has 6 aromatic carbocycles. The van der Waals surface area contributed by atoms with E-state index in [9.17, 15) is 28.8 Å². The highest BCUT2D eigenvalue weighted by molar-refractivity contribution is 6.11. The molecule has 0 radical (unpaired) electrons. The zero-order valence-electron chi connectivity index (χ0n) is 35.1. The zero-order valence-corrected chi connectivity index (χ0v) is 35.1. The second kappa shape index (κ2) is 21.0. The van der Waals surface area contributed by atoms with Crippen molar-refractivity contribution in [1.82, 2.24) is 0 Å². The Labute approximate surface area is 365 Å². The molecule has 0 saturated heterocycles. The van der Waals surface area contributed by atoms with Crippen LogP contribution in [0.25, 0.3) is 12.2 Å². The average Bonchev–Trinajstić information content (AvgIpc) is 3.32. The van der Waals surface area contributed by atoms with Crippen molar-refractivity contribution in [2.75, 3.05) is 14.2 Å². The van der Waals surface area contributed by atoms with Crippen molar-refractivity contribution in [2.24, 2.45) is 0 Å². The van der Waals surface area contributed by atoms with E-state index in [4.69, 9.17) is 18.9 Å². The Kier molecular flexibility index (Phi) is 14.9. The number of carbonyl (C=O) groups is 6. The summed E-state index contributed by atoms with van der Waals surface area (Å²) in [5.41, 5.74) is 4.65. The highest BCUT2D eigenvalue weighted by atomic mass is 16.6. The van der Waals surface area contributed by atoms with Crippen LogP contribution in [0.1, 0.15) is 86.2 Å². The van der Waals surface area contributed by atoms with E-state index in [1.54, 1.807) is 147 Å². The van der Waals surface area contributed by atoms with Crippen molar-refractivity contribution < 1.29 is 47.7 Å². The molecule has 0 spiro atoms. The third-order valence-corrected chi connectivity index (χ3v) is 10.2. The Balaban J connectivity index is 0.990. The van der Waals surface area contributed by atoms with Crippen molar-refractivity contribution in [1.29, 1.82) is 0 Å². The molecule has 0 aromatic heterocycles. The molecule has 0 saturated carbocycles. The van der Waals surface area contributed by atoms with Gasteiger partial charge in [-0.3, -0.25) is 28.8 Å². The highest BCUT2D eigenvalue weighted by Crippen LogP contribution is 2.32. The molecule has 0 bridgehead atoms. The van der Waals surface area contributed by atoms with Crippen LogP contribution in [0.4, 0.5) is 0 Å². The number of carbonyl (C=O) groups excluding carboxylic acids is 6. The van der Waals surface area contributed by atoms with Crippen LogP contribution < -0.4 is 18.9 Å². The van der Waals surface area contributed by atoms with Crippen molar-refractivity contribution in [3.05, 3.63) is 202 Å². The largest absolute Gasteiger partial charge is 0.493 e. The van der Waals surface area contributed by atoms with E-state index in [2.05, 4.69) is 0 Å². The van der Waals surface area contributed by atoms with Gasteiger partial charge in [0.25, 0.3) is 0 Å². The SMILES string of the molecule is COc1cc(/C=C/C(=O)CC(=O)/C=C/c2ccc(OC(=O)C(C)c3ccc(C(=O)c4ccccc4)cc3)c(OC)c2)ccc1OC(=O)C(C)c1ccc(C(=O)c2ccccc2)cc1. The van der Waals surface area contributed by atoms with Gasteiger partial charge in [-0.1, -0.05) is 133 Å². The number of rotatable bonds is 18. The minimum Gasteiger partial charge on any atom is -0.493 e. The van der Waals surface area contributed by atoms with Gasteiger partial charge in [-0.2, -0.15) is 0 Å². The molecule has 0 amide bonds. The molecule has 0 N–H and O–H groups in total. The molecule has 6 aromatic rings. The fraction of sp³-hybridized carbons (Fsp3) is 0.132. The lowest BCUT2D eigenvalue weighted by molar-refractivity contribution is -0.136. The van der Waals surface area contributed by atoms with E-state index in [1.165, 1.54) is 38.5 Å². The third-order valence-electron chi connectivity index (χ3n) is 10.2. The number of ether oxygens (including phenoxy) is 4. The quantitative estimate of drug-likeness (QED) is 0.0270. The molecule has 10 nitrogen and oxygen atoms in total. The Morgan fingerprint density at radius 2 is 0.794 bits per heavy atom. The number of ketones is 4. The topological polar surface area (TPSA) is 139 Å². The van der Waals surface area contributed by atoms with Crippen LogP contribution in [0.3, 0.4) is 0 Å². The Morgan fingerprint density at radius 3 is 1.14 bits per heavy atom. The lowest BCUT2D eigenvalue weighted by Gasteiger charge is -2.14. The molecular weight excluding hydrogens is 797 g/mol. The van der Waals surface area contributed by atoms with Crippen LogP contribution in [-0.4, -0.2) is 49.3 Å². The van der Waals surface area contributed by atoms with E-state index in [-0.39, 0.29) is 41.0 Å². The summed E-state index contributed by atoms with van der Waals surface area (Å²) in [6, 6.07) is 41.1. The van der Waals surface area contributed by atoms with E-state index < -0.39 is 35.3 Å². The Morgan fingerprint density at radius 1 is 0.444 bits per heavy atom. The van der Waals surface area contributed by atoms with E-state index in [0.717, 1.165) is 0 Å². The summed E-state index contributed by atoms with van der Waals surface area (Å²) in [7, 11) is 2.86. The van der Waals surface area contributed by atoms with Crippen molar-refractivity contribution >= 4 is 47.2 Å². The number of allylic oxidation sites excluding steroid dienone is 2. The Bertz CT molecular complexity index is 2490. The summed E-state index contributed by atoms with van der Waals surface area (Å²) in [6.45, 7) is 3.41. The maximum absolute atomic E-state index is 13.1. The molecule has 63 heavy (non-hydrogen) atoms. The van der Waals surface area contributed by atoms with Crippen molar-refractivity contribution in [3.63, 3.8) is 0 Å². The summed E-state index contributed by atoms with van der Waals surface area (Å²) < 4.78 is 22.2. The standard InChI is InChI=1S/C53H44O10/c1-34(38-19-23-42(24-20-38)50(56)40-11-7-5-8-12-40)52(58)62-46-29-17-36(31-48(46)60-3)15-27-44(54)33-45(55)28-16-37-18-30-47(49(32-37)61-4)63-53(59)35(2)39-21-25-43(26-22-39)51(57)41-13-9-6-10-14-41/h5-32,34-35H,33H2,1-4H3/b27-15+,28-16+. The lowest BCUT2D eigenvalue weighted by atomic mass is 9.97. The number of methoxy groups -OCH3 is 2.